The third-order valence-electron chi connectivity index (χ3n) is 7.72. The molecule has 3 aliphatic heterocycles. The minimum absolute atomic E-state index is 0.203. The fraction of sp³-hybridized carbons (Fsp3) is 0.577. The van der Waals surface area contributed by atoms with E-state index in [1.165, 1.54) is 0 Å². The Balaban J connectivity index is 1.19. The van der Waals surface area contributed by atoms with Crippen LogP contribution in [0.4, 0.5) is 11.6 Å². The number of carbonyl (C=O) groups is 1. The Morgan fingerprint density at radius 2 is 1.40 bits per heavy atom. The molecule has 0 saturated carbocycles. The first-order valence-corrected chi connectivity index (χ1v) is 12.8. The monoisotopic (exact) mass is 480 g/mol. The van der Waals surface area contributed by atoms with E-state index in [1.54, 1.807) is 0 Å². The van der Waals surface area contributed by atoms with Crippen molar-refractivity contribution in [3.8, 4) is 0 Å². The Labute approximate surface area is 207 Å². The van der Waals surface area contributed by atoms with Crippen molar-refractivity contribution in [2.45, 2.75) is 18.3 Å². The molecule has 0 radical (unpaired) electrons. The number of hydrogen-bond donors (Lipinski definition) is 1. The lowest BCUT2D eigenvalue weighted by Gasteiger charge is -2.43. The van der Waals surface area contributed by atoms with Crippen LogP contribution in [0.15, 0.2) is 42.5 Å². The van der Waals surface area contributed by atoms with E-state index in [0.717, 1.165) is 75.9 Å². The molecule has 9 heteroatoms. The van der Waals surface area contributed by atoms with Gasteiger partial charge < -0.3 is 24.5 Å². The van der Waals surface area contributed by atoms with Crippen LogP contribution in [0.5, 0.6) is 0 Å². The zero-order valence-electron chi connectivity index (χ0n) is 20.4. The second kappa shape index (κ2) is 10.9. The van der Waals surface area contributed by atoms with E-state index in [2.05, 4.69) is 37.0 Å². The second-order valence-corrected chi connectivity index (χ2v) is 9.64. The Hall–Kier alpha value is -2.75. The second-order valence-electron chi connectivity index (χ2n) is 9.64. The predicted octanol–water partition coefficient (Wildman–Crippen LogP) is 0.988. The average molecular weight is 481 g/mol. The summed E-state index contributed by atoms with van der Waals surface area (Å²) in [5.74, 6) is 1.99. The standard InChI is InChI=1S/C26H36N6O3/c33-19-18-29-10-12-30(13-11-29)23-6-7-24(28-27-23)31-14-16-32(17-15-31)25(34)26(8-20-35-21-9-26)22-4-2-1-3-5-22/h1-7,33H,8-21H2. The zero-order valence-corrected chi connectivity index (χ0v) is 20.4. The number of carbonyl (C=O) groups excluding carboxylic acids is 1. The van der Waals surface area contributed by atoms with Crippen LogP contribution in [-0.4, -0.2) is 110 Å². The van der Waals surface area contributed by atoms with Gasteiger partial charge in [0.2, 0.25) is 5.91 Å². The summed E-state index contributed by atoms with van der Waals surface area (Å²) in [5, 5.41) is 18.1. The van der Waals surface area contributed by atoms with Crippen LogP contribution in [0, 0.1) is 0 Å². The van der Waals surface area contributed by atoms with Crippen molar-refractivity contribution >= 4 is 17.5 Å². The van der Waals surface area contributed by atoms with Gasteiger partial charge in [0.15, 0.2) is 11.6 Å². The summed E-state index contributed by atoms with van der Waals surface area (Å²) in [6.45, 7) is 8.69. The number of β-amino-alcohol motifs (C(OH)–C–C–N with tert-alkyl or cyclic N) is 1. The molecular weight excluding hydrogens is 444 g/mol. The number of aliphatic hydroxyl groups excluding tert-OH is 1. The van der Waals surface area contributed by atoms with Gasteiger partial charge in [-0.1, -0.05) is 30.3 Å². The summed E-state index contributed by atoms with van der Waals surface area (Å²) in [7, 11) is 0. The quantitative estimate of drug-likeness (QED) is 0.655. The molecule has 188 valence electrons. The number of piperazine rings is 2. The average Bonchev–Trinajstić information content (AvgIpc) is 2.94. The van der Waals surface area contributed by atoms with Gasteiger partial charge in [0.1, 0.15) is 0 Å². The van der Waals surface area contributed by atoms with Gasteiger partial charge in [0.25, 0.3) is 0 Å². The number of hydrogen-bond acceptors (Lipinski definition) is 8. The zero-order chi connectivity index (χ0) is 24.1. The van der Waals surface area contributed by atoms with Crippen molar-refractivity contribution in [3.63, 3.8) is 0 Å². The van der Waals surface area contributed by atoms with Crippen molar-refractivity contribution in [2.75, 3.05) is 88.5 Å². The van der Waals surface area contributed by atoms with E-state index in [0.29, 0.717) is 26.3 Å². The minimum Gasteiger partial charge on any atom is -0.395 e. The number of rotatable bonds is 6. The first-order valence-electron chi connectivity index (χ1n) is 12.8. The topological polar surface area (TPSA) is 85.3 Å². The molecule has 35 heavy (non-hydrogen) atoms. The van der Waals surface area contributed by atoms with E-state index in [1.807, 2.05) is 35.2 Å². The van der Waals surface area contributed by atoms with Crippen LogP contribution in [0.3, 0.4) is 0 Å². The summed E-state index contributed by atoms with van der Waals surface area (Å²) in [5.41, 5.74) is 0.624. The molecule has 1 aromatic heterocycles. The van der Waals surface area contributed by atoms with Gasteiger partial charge in [0, 0.05) is 72.1 Å². The normalized spacial score (nSPS) is 21.2. The number of anilines is 2. The molecule has 1 amide bonds. The summed E-state index contributed by atoms with van der Waals surface area (Å²) in [6, 6.07) is 14.3. The third-order valence-corrected chi connectivity index (χ3v) is 7.72. The molecule has 0 atom stereocenters. The van der Waals surface area contributed by atoms with Crippen molar-refractivity contribution in [3.05, 3.63) is 48.0 Å². The third kappa shape index (κ3) is 5.12. The maximum Gasteiger partial charge on any atom is 0.233 e. The first kappa shape index (κ1) is 24.0. The molecule has 0 bridgehead atoms. The van der Waals surface area contributed by atoms with Gasteiger partial charge in [-0.2, -0.15) is 0 Å². The smallest absolute Gasteiger partial charge is 0.233 e. The molecule has 3 fully saturated rings. The van der Waals surface area contributed by atoms with Crippen LogP contribution in [0.1, 0.15) is 18.4 Å². The van der Waals surface area contributed by atoms with Crippen molar-refractivity contribution in [2.24, 2.45) is 0 Å². The van der Waals surface area contributed by atoms with Crippen LogP contribution >= 0.6 is 0 Å². The minimum atomic E-state index is -0.482. The Morgan fingerprint density at radius 3 is 1.94 bits per heavy atom. The molecule has 0 unspecified atom stereocenters. The van der Waals surface area contributed by atoms with E-state index < -0.39 is 5.41 Å². The lowest BCUT2D eigenvalue weighted by atomic mass is 9.73. The number of benzene rings is 1. The summed E-state index contributed by atoms with van der Waals surface area (Å²) < 4.78 is 5.62. The van der Waals surface area contributed by atoms with Crippen LogP contribution in [-0.2, 0) is 14.9 Å². The molecule has 3 saturated heterocycles. The highest BCUT2D eigenvalue weighted by Crippen LogP contribution is 2.37. The van der Waals surface area contributed by atoms with Crippen LogP contribution in [0.2, 0.25) is 0 Å². The van der Waals surface area contributed by atoms with Gasteiger partial charge in [-0.25, -0.2) is 0 Å². The van der Waals surface area contributed by atoms with Crippen molar-refractivity contribution in [1.82, 2.24) is 20.0 Å². The lowest BCUT2D eigenvalue weighted by molar-refractivity contribution is -0.141. The molecule has 4 heterocycles. The maximum absolute atomic E-state index is 13.8. The molecule has 5 rings (SSSR count). The van der Waals surface area contributed by atoms with Crippen molar-refractivity contribution in [1.29, 1.82) is 0 Å². The predicted molar refractivity (Wildman–Crippen MR) is 135 cm³/mol. The van der Waals surface area contributed by atoms with Crippen LogP contribution in [0.25, 0.3) is 0 Å². The summed E-state index contributed by atoms with van der Waals surface area (Å²) in [4.78, 5) is 22.6. The van der Waals surface area contributed by atoms with Gasteiger partial charge >= 0.3 is 0 Å². The Kier molecular flexibility index (Phi) is 7.46. The maximum atomic E-state index is 13.8. The van der Waals surface area contributed by atoms with E-state index >= 15 is 0 Å². The molecule has 3 aliphatic rings. The fourth-order valence-electron chi connectivity index (χ4n) is 5.54. The molecule has 2 aromatic rings. The van der Waals surface area contributed by atoms with Gasteiger partial charge in [-0.3, -0.25) is 9.69 Å². The highest BCUT2D eigenvalue weighted by molar-refractivity contribution is 5.88. The van der Waals surface area contributed by atoms with E-state index in [4.69, 9.17) is 9.84 Å². The summed E-state index contributed by atoms with van der Waals surface area (Å²) >= 11 is 0. The van der Waals surface area contributed by atoms with Crippen molar-refractivity contribution < 1.29 is 14.6 Å². The number of aliphatic hydroxyl groups is 1. The van der Waals surface area contributed by atoms with Gasteiger partial charge in [0.05, 0.1) is 12.0 Å². The van der Waals surface area contributed by atoms with Gasteiger partial charge in [-0.05, 0) is 30.5 Å². The summed E-state index contributed by atoms with van der Waals surface area (Å²) in [6.07, 6.45) is 1.47. The number of aromatic nitrogens is 2. The Bertz CT molecular complexity index is 951. The van der Waals surface area contributed by atoms with Gasteiger partial charge in [-0.15, -0.1) is 10.2 Å². The number of nitrogens with zero attached hydrogens (tertiary/aromatic N) is 6. The molecule has 0 spiro atoms. The van der Waals surface area contributed by atoms with E-state index in [-0.39, 0.29) is 12.5 Å². The molecule has 0 aliphatic carbocycles. The van der Waals surface area contributed by atoms with Crippen LogP contribution < -0.4 is 9.80 Å². The largest absolute Gasteiger partial charge is 0.395 e. The van der Waals surface area contributed by atoms with E-state index in [9.17, 15) is 4.79 Å². The Morgan fingerprint density at radius 1 is 0.829 bits per heavy atom. The molecule has 1 aromatic carbocycles. The lowest BCUT2D eigenvalue weighted by Crippen LogP contribution is -2.56. The number of ether oxygens (including phenoxy) is 1. The first-order chi connectivity index (χ1) is 17.2. The molecular formula is C26H36N6O3. The fourth-order valence-corrected chi connectivity index (χ4v) is 5.54. The highest BCUT2D eigenvalue weighted by atomic mass is 16.5. The number of amides is 1. The highest BCUT2D eigenvalue weighted by Gasteiger charge is 2.44. The molecule has 1 N–H and O–H groups in total. The SMILES string of the molecule is O=C(N1CCN(c2ccc(N3CCN(CCO)CC3)nn2)CC1)C1(c2ccccc2)CCOCC1. The molecule has 9 nitrogen and oxygen atoms in total.